The zero-order chi connectivity index (χ0) is 32.5. The second kappa shape index (κ2) is 11.0. The number of Topliss-reactive ketones (excluding diaryl/α,β-unsaturated/α-hetero) is 2. The van der Waals surface area contributed by atoms with E-state index in [0.29, 0.717) is 17.5 Å². The first-order valence-electron chi connectivity index (χ1n) is 13.9. The van der Waals surface area contributed by atoms with Crippen molar-refractivity contribution in [2.24, 2.45) is 17.6 Å². The van der Waals surface area contributed by atoms with Gasteiger partial charge in [-0.05, 0) is 56.5 Å². The smallest absolute Gasteiger partial charge is 0.255 e. The van der Waals surface area contributed by atoms with Gasteiger partial charge in [-0.2, -0.15) is 0 Å². The van der Waals surface area contributed by atoms with Gasteiger partial charge in [-0.3, -0.25) is 24.1 Å². The molecule has 3 aliphatic carbocycles. The number of phenolic OH excluding ortho intramolecular Hbond substituents is 1. The summed E-state index contributed by atoms with van der Waals surface area (Å²) in [6.07, 6.45) is 0.345. The lowest BCUT2D eigenvalue weighted by atomic mass is 9.57. The number of hydrogen-bond donors (Lipinski definition) is 6. The van der Waals surface area contributed by atoms with Gasteiger partial charge in [0.05, 0.1) is 16.6 Å². The van der Waals surface area contributed by atoms with Crippen LogP contribution in [-0.4, -0.2) is 74.4 Å². The number of benzene rings is 2. The molecule has 5 atom stereocenters. The molecule has 0 bridgehead atoms. The van der Waals surface area contributed by atoms with Gasteiger partial charge in [-0.25, -0.2) is 0 Å². The van der Waals surface area contributed by atoms with Crippen LogP contribution in [0.5, 0.6) is 5.75 Å². The average molecular weight is 689 g/mol. The molecule has 232 valence electrons. The van der Waals surface area contributed by atoms with Gasteiger partial charge in [0, 0.05) is 11.5 Å². The highest BCUT2D eigenvalue weighted by Crippen LogP contribution is 2.54. The molecule has 7 N–H and O–H groups in total. The van der Waals surface area contributed by atoms with Crippen molar-refractivity contribution in [3.63, 3.8) is 0 Å². The summed E-state index contributed by atoms with van der Waals surface area (Å²) in [5.74, 6) is -8.23. The van der Waals surface area contributed by atoms with Crippen LogP contribution in [0.4, 0.5) is 5.69 Å². The lowest BCUT2D eigenvalue weighted by molar-refractivity contribution is -0.153. The monoisotopic (exact) mass is 687 g/mol. The molecule has 11 nitrogen and oxygen atoms in total. The highest BCUT2D eigenvalue weighted by molar-refractivity contribution is 9.10. The third-order valence-electron chi connectivity index (χ3n) is 8.98. The highest BCUT2D eigenvalue weighted by atomic mass is 79.9. The van der Waals surface area contributed by atoms with Crippen LogP contribution in [0, 0.1) is 11.8 Å². The quantitative estimate of drug-likeness (QED) is 0.150. The van der Waals surface area contributed by atoms with Gasteiger partial charge in [-0.1, -0.05) is 64.8 Å². The molecule has 0 spiro atoms. The van der Waals surface area contributed by atoms with E-state index in [0.717, 1.165) is 0 Å². The predicted octanol–water partition coefficient (Wildman–Crippen LogP) is 3.26. The van der Waals surface area contributed by atoms with Crippen LogP contribution in [0.2, 0.25) is 5.02 Å². The van der Waals surface area contributed by atoms with Gasteiger partial charge < -0.3 is 31.5 Å². The van der Waals surface area contributed by atoms with Crippen molar-refractivity contribution in [2.45, 2.75) is 42.2 Å². The zero-order valence-corrected chi connectivity index (χ0v) is 26.4. The minimum atomic E-state index is -2.75. The fraction of sp³-hybridized carbons (Fsp3) is 0.355. The van der Waals surface area contributed by atoms with Crippen LogP contribution in [-0.2, 0) is 29.9 Å². The Morgan fingerprint density at radius 2 is 1.82 bits per heavy atom. The van der Waals surface area contributed by atoms with Crippen molar-refractivity contribution in [2.75, 3.05) is 19.4 Å². The van der Waals surface area contributed by atoms with Crippen molar-refractivity contribution in [1.29, 1.82) is 0 Å². The van der Waals surface area contributed by atoms with E-state index in [1.54, 1.807) is 31.2 Å². The Labute approximate surface area is 266 Å². The molecule has 0 aromatic heterocycles. The number of phenols is 1. The number of hydrogen-bond acceptors (Lipinski definition) is 9. The number of carbonyl (C=O) groups excluding carboxylic acids is 4. The topological polar surface area (TPSA) is 190 Å². The number of nitrogens with zero attached hydrogens (tertiary/aromatic N) is 1. The van der Waals surface area contributed by atoms with Crippen molar-refractivity contribution < 1.29 is 39.6 Å². The molecule has 0 radical (unpaired) electrons. The highest BCUT2D eigenvalue weighted by Gasteiger charge is 2.64. The maximum atomic E-state index is 14.0. The summed E-state index contributed by atoms with van der Waals surface area (Å²) in [6.45, 7) is 1.80. The second-order valence-electron chi connectivity index (χ2n) is 11.6. The van der Waals surface area contributed by atoms with E-state index in [4.69, 9.17) is 17.3 Å². The SMILES string of the molecule is CCC(Br)(C(=O)Nc1c(Cl)cc2c(c1O)C(O)=C1C(=O)[C@]3(O)C(O)=C(C(N)=O)C(=O)[C@@H](N(C)C)C3CC1C2)c1ccccc1. The van der Waals surface area contributed by atoms with E-state index in [1.807, 2.05) is 6.07 Å². The first-order chi connectivity index (χ1) is 20.6. The number of halogens is 2. The summed E-state index contributed by atoms with van der Waals surface area (Å²) in [5, 5.41) is 48.2. The van der Waals surface area contributed by atoms with Crippen LogP contribution in [0.3, 0.4) is 0 Å². The molecule has 3 unspecified atom stereocenters. The van der Waals surface area contributed by atoms with Crippen molar-refractivity contribution in [1.82, 2.24) is 4.90 Å². The fourth-order valence-corrected chi connectivity index (χ4v) is 7.43. The number of ketones is 2. The number of alkyl halides is 1. The number of rotatable bonds is 6. The Hall–Kier alpha value is -3.71. The number of fused-ring (bicyclic) bond motifs is 3. The summed E-state index contributed by atoms with van der Waals surface area (Å²) < 4.78 is -1.19. The molecule has 13 heteroatoms. The fourth-order valence-electron chi connectivity index (χ4n) is 6.79. The summed E-state index contributed by atoms with van der Waals surface area (Å²) in [5.41, 5.74) is 2.04. The van der Waals surface area contributed by atoms with Crippen molar-refractivity contribution >= 4 is 62.4 Å². The molecule has 2 aromatic carbocycles. The van der Waals surface area contributed by atoms with Crippen LogP contribution >= 0.6 is 27.5 Å². The predicted molar refractivity (Wildman–Crippen MR) is 165 cm³/mol. The van der Waals surface area contributed by atoms with Crippen molar-refractivity contribution in [3.05, 3.63) is 75.0 Å². The minimum Gasteiger partial charge on any atom is -0.508 e. The molecule has 44 heavy (non-hydrogen) atoms. The average Bonchev–Trinajstić information content (AvgIpc) is 2.96. The Kier molecular flexibility index (Phi) is 7.94. The van der Waals surface area contributed by atoms with E-state index in [9.17, 15) is 39.6 Å². The van der Waals surface area contributed by atoms with E-state index >= 15 is 0 Å². The molecule has 1 fully saturated rings. The number of nitrogens with one attached hydrogen (secondary N) is 1. The molecule has 0 saturated heterocycles. The molecule has 0 aliphatic heterocycles. The number of anilines is 1. The zero-order valence-electron chi connectivity index (χ0n) is 24.0. The second-order valence-corrected chi connectivity index (χ2v) is 13.3. The van der Waals surface area contributed by atoms with E-state index in [2.05, 4.69) is 21.2 Å². The van der Waals surface area contributed by atoms with Crippen LogP contribution in [0.1, 0.15) is 36.5 Å². The maximum Gasteiger partial charge on any atom is 0.255 e. The minimum absolute atomic E-state index is 0.0193. The molecule has 3 aliphatic rings. The molecule has 5 rings (SSSR count). The van der Waals surface area contributed by atoms with Gasteiger partial charge in [0.2, 0.25) is 11.7 Å². The van der Waals surface area contributed by atoms with E-state index < -0.39 is 74.0 Å². The number of nitrogens with two attached hydrogens (primary N) is 1. The Morgan fingerprint density at radius 1 is 1.18 bits per heavy atom. The summed E-state index contributed by atoms with van der Waals surface area (Å²) in [4.78, 5) is 54.4. The molecule has 2 amide bonds. The Balaban J connectivity index is 1.62. The normalized spacial score (nSPS) is 26.1. The Morgan fingerprint density at radius 3 is 2.39 bits per heavy atom. The molecule has 0 heterocycles. The van der Waals surface area contributed by atoms with Crippen LogP contribution in [0.15, 0.2) is 53.3 Å². The lowest BCUT2D eigenvalue weighted by Gasteiger charge is -2.50. The van der Waals surface area contributed by atoms with Crippen LogP contribution in [0.25, 0.3) is 5.76 Å². The molecule has 2 aromatic rings. The van der Waals surface area contributed by atoms with Gasteiger partial charge >= 0.3 is 0 Å². The maximum absolute atomic E-state index is 14.0. The molecule has 1 saturated carbocycles. The van der Waals surface area contributed by atoms with Crippen molar-refractivity contribution in [3.8, 4) is 5.75 Å². The number of aromatic hydroxyl groups is 1. The van der Waals surface area contributed by atoms with Crippen LogP contribution < -0.4 is 11.1 Å². The summed E-state index contributed by atoms with van der Waals surface area (Å²) >= 11 is 10.1. The third-order valence-corrected chi connectivity index (χ3v) is 10.7. The molecular formula is C31H31BrClN3O8. The van der Waals surface area contributed by atoms with E-state index in [-0.39, 0.29) is 34.7 Å². The number of carbonyl (C=O) groups is 4. The van der Waals surface area contributed by atoms with E-state index in [1.165, 1.54) is 25.1 Å². The number of aliphatic hydroxyl groups excluding tert-OH is 2. The van der Waals surface area contributed by atoms with Gasteiger partial charge in [0.1, 0.15) is 27.1 Å². The lowest BCUT2D eigenvalue weighted by Crippen LogP contribution is -2.65. The number of likely N-dealkylation sites (N-methyl/N-ethyl adjacent to an activating group) is 1. The Bertz CT molecular complexity index is 1690. The number of primary amides is 1. The van der Waals surface area contributed by atoms with Gasteiger partial charge in [0.25, 0.3) is 5.91 Å². The largest absolute Gasteiger partial charge is 0.508 e. The third kappa shape index (κ3) is 4.46. The standard InChI is InChI=1S/C31H31BrClN3O8/c1-4-30(32,15-8-6-5-7-9-15)29(43)35-21-17(33)12-14-10-13-11-16-22(36(2)3)25(39)20(28(34)42)27(41)31(16,44)26(40)19(13)23(37)18(14)24(21)38/h5-9,12-13,16,22,37-38,41,44H,4,10-11H2,1-3H3,(H2,34,42)(H,35,43)/t13?,16?,22-,30?,31-/m0/s1. The summed E-state index contributed by atoms with van der Waals surface area (Å²) in [7, 11) is 3.05. The van der Waals surface area contributed by atoms with Gasteiger partial charge in [-0.15, -0.1) is 0 Å². The summed E-state index contributed by atoms with van der Waals surface area (Å²) in [6, 6.07) is 9.18. The first-order valence-corrected chi connectivity index (χ1v) is 15.0. The van der Waals surface area contributed by atoms with Gasteiger partial charge in [0.15, 0.2) is 17.1 Å². The number of amides is 2. The first kappa shape index (κ1) is 31.7. The molecular weight excluding hydrogens is 658 g/mol. The number of aliphatic hydroxyl groups is 3.